The van der Waals surface area contributed by atoms with Crippen molar-refractivity contribution < 1.29 is 14.3 Å². The smallest absolute Gasteiger partial charge is 0.255 e. The molecule has 2 atom stereocenters. The fraction of sp³-hybridized carbons (Fsp3) is 0.579. The van der Waals surface area contributed by atoms with Crippen molar-refractivity contribution in [3.63, 3.8) is 0 Å². The van der Waals surface area contributed by atoms with Crippen LogP contribution in [0, 0.1) is 0 Å². The maximum Gasteiger partial charge on any atom is 0.255 e. The Morgan fingerprint density at radius 3 is 2.65 bits per heavy atom. The molecule has 5 rings (SSSR count). The minimum atomic E-state index is -0.0472. The van der Waals surface area contributed by atoms with Gasteiger partial charge in [-0.1, -0.05) is 0 Å². The van der Waals surface area contributed by atoms with E-state index in [0.29, 0.717) is 26.3 Å². The molecule has 0 saturated carbocycles. The van der Waals surface area contributed by atoms with Gasteiger partial charge >= 0.3 is 0 Å². The second-order valence-electron chi connectivity index (χ2n) is 7.35. The minimum absolute atomic E-state index is 0.0472. The molecule has 0 N–H and O–H groups in total. The number of carbonyl (C=O) groups excluding carboxylic acids is 1. The van der Waals surface area contributed by atoms with Gasteiger partial charge in [-0.2, -0.15) is 5.10 Å². The number of aryl methyl sites for hydroxylation is 1. The quantitative estimate of drug-likeness (QED) is 0.811. The molecular formula is C19H23N3O3S. The van der Waals surface area contributed by atoms with Crippen LogP contribution >= 0.6 is 11.3 Å². The third kappa shape index (κ3) is 2.88. The highest BCUT2D eigenvalue weighted by molar-refractivity contribution is 7.10. The summed E-state index contributed by atoms with van der Waals surface area (Å²) >= 11 is 1.75. The van der Waals surface area contributed by atoms with Crippen LogP contribution in [0.1, 0.15) is 39.7 Å². The lowest BCUT2D eigenvalue weighted by atomic mass is 9.95. The summed E-state index contributed by atoms with van der Waals surface area (Å²) < 4.78 is 14.1. The molecule has 1 amide bonds. The summed E-state index contributed by atoms with van der Waals surface area (Å²) in [6, 6.07) is 2.01. The molecule has 1 aliphatic carbocycles. The van der Waals surface area contributed by atoms with E-state index in [1.54, 1.807) is 17.5 Å². The summed E-state index contributed by atoms with van der Waals surface area (Å²) in [5, 5.41) is 6.34. The molecule has 2 aliphatic heterocycles. The first-order chi connectivity index (χ1) is 12.8. The topological polar surface area (TPSA) is 56.6 Å². The molecule has 138 valence electrons. The zero-order valence-corrected chi connectivity index (χ0v) is 15.5. The van der Waals surface area contributed by atoms with Gasteiger partial charge in [-0.25, -0.2) is 0 Å². The van der Waals surface area contributed by atoms with Crippen molar-refractivity contribution in [2.45, 2.75) is 43.9 Å². The molecule has 6 nitrogen and oxygen atoms in total. The van der Waals surface area contributed by atoms with E-state index in [9.17, 15) is 4.79 Å². The molecule has 0 radical (unpaired) electrons. The number of fused-ring (bicyclic) bond motifs is 2. The first-order valence-electron chi connectivity index (χ1n) is 9.40. The first-order valence-corrected chi connectivity index (χ1v) is 10.3. The predicted molar refractivity (Wildman–Crippen MR) is 97.6 cm³/mol. The van der Waals surface area contributed by atoms with Crippen LogP contribution in [0.5, 0.6) is 0 Å². The lowest BCUT2D eigenvalue weighted by molar-refractivity contribution is -0.00461. The third-order valence-corrected chi connectivity index (χ3v) is 6.79. The third-order valence-electron chi connectivity index (χ3n) is 5.70. The zero-order valence-electron chi connectivity index (χ0n) is 14.7. The average molecular weight is 373 g/mol. The summed E-state index contributed by atoms with van der Waals surface area (Å²) in [4.78, 5) is 16.4. The molecule has 4 heterocycles. The highest BCUT2D eigenvalue weighted by Gasteiger charge is 2.40. The van der Waals surface area contributed by atoms with Crippen molar-refractivity contribution in [2.75, 3.05) is 26.3 Å². The molecule has 3 aliphatic rings. The Morgan fingerprint density at radius 1 is 1.15 bits per heavy atom. The molecular weight excluding hydrogens is 350 g/mol. The average Bonchev–Trinajstić information content (AvgIpc) is 3.39. The second-order valence-corrected chi connectivity index (χ2v) is 8.32. The minimum Gasteiger partial charge on any atom is -0.371 e. The Labute approximate surface area is 156 Å². The summed E-state index contributed by atoms with van der Waals surface area (Å²) in [5.41, 5.74) is 2.20. The van der Waals surface area contributed by atoms with Gasteiger partial charge in [0.2, 0.25) is 0 Å². The second kappa shape index (κ2) is 6.79. The summed E-state index contributed by atoms with van der Waals surface area (Å²) in [7, 11) is 0. The molecule has 0 unspecified atom stereocenters. The van der Waals surface area contributed by atoms with E-state index >= 15 is 0 Å². The highest BCUT2D eigenvalue weighted by atomic mass is 32.1. The Balaban J connectivity index is 1.27. The number of carbonyl (C=O) groups is 1. The van der Waals surface area contributed by atoms with Crippen molar-refractivity contribution in [1.29, 1.82) is 0 Å². The Hall–Kier alpha value is -1.70. The van der Waals surface area contributed by atoms with Crippen molar-refractivity contribution in [1.82, 2.24) is 14.7 Å². The summed E-state index contributed by atoms with van der Waals surface area (Å²) in [6.45, 7) is 2.36. The van der Waals surface area contributed by atoms with E-state index in [0.717, 1.165) is 18.4 Å². The Bertz CT molecular complexity index is 772. The Morgan fingerprint density at radius 2 is 1.92 bits per heavy atom. The normalized spacial score (nSPS) is 26.4. The van der Waals surface area contributed by atoms with Crippen LogP contribution in [0.4, 0.5) is 0 Å². The molecule has 2 fully saturated rings. The number of amides is 1. The number of hydrogen-bond donors (Lipinski definition) is 0. The van der Waals surface area contributed by atoms with Crippen molar-refractivity contribution in [2.24, 2.45) is 0 Å². The first kappa shape index (κ1) is 16.5. The van der Waals surface area contributed by atoms with Gasteiger partial charge in [-0.15, -0.1) is 11.3 Å². The standard InChI is InChI=1S/C19H23N3O3S/c23-19(15-12-26-18-5-2-1-4-14(15)18)21-8-16-17(9-21)25-11-13(10-24-16)22-7-3-6-20-22/h3,6-7,12-13,16-17H,1-2,4-5,8-11H2/t16-,17-/m0/s1. The monoisotopic (exact) mass is 373 g/mol. The molecule has 2 aromatic rings. The van der Waals surface area contributed by atoms with Crippen molar-refractivity contribution in [3.8, 4) is 0 Å². The molecule has 0 aromatic carbocycles. The number of hydrogen-bond acceptors (Lipinski definition) is 5. The number of likely N-dealkylation sites (tertiary alicyclic amines) is 1. The molecule has 0 spiro atoms. The zero-order chi connectivity index (χ0) is 17.5. The molecule has 7 heteroatoms. The largest absolute Gasteiger partial charge is 0.371 e. The van der Waals surface area contributed by atoms with Crippen LogP contribution in [0.25, 0.3) is 0 Å². The van der Waals surface area contributed by atoms with E-state index in [1.165, 1.54) is 23.3 Å². The molecule has 2 saturated heterocycles. The van der Waals surface area contributed by atoms with Gasteiger partial charge in [0, 0.05) is 35.7 Å². The van der Waals surface area contributed by atoms with Gasteiger partial charge in [-0.3, -0.25) is 9.48 Å². The summed E-state index contributed by atoms with van der Waals surface area (Å²) in [6.07, 6.45) is 8.22. The van der Waals surface area contributed by atoms with E-state index in [1.807, 2.05) is 21.8 Å². The lowest BCUT2D eigenvalue weighted by Gasteiger charge is -2.20. The van der Waals surface area contributed by atoms with E-state index in [-0.39, 0.29) is 24.2 Å². The van der Waals surface area contributed by atoms with Gasteiger partial charge in [0.1, 0.15) is 12.2 Å². The van der Waals surface area contributed by atoms with Crippen molar-refractivity contribution in [3.05, 3.63) is 39.8 Å². The van der Waals surface area contributed by atoms with Gasteiger partial charge in [0.15, 0.2) is 0 Å². The van der Waals surface area contributed by atoms with E-state index in [2.05, 4.69) is 10.5 Å². The highest BCUT2D eigenvalue weighted by Crippen LogP contribution is 2.32. The fourth-order valence-electron chi connectivity index (χ4n) is 4.24. The van der Waals surface area contributed by atoms with Gasteiger partial charge in [0.25, 0.3) is 5.91 Å². The molecule has 2 aromatic heterocycles. The van der Waals surface area contributed by atoms with Crippen LogP contribution in [0.2, 0.25) is 0 Å². The molecule has 26 heavy (non-hydrogen) atoms. The lowest BCUT2D eigenvalue weighted by Crippen LogP contribution is -2.31. The predicted octanol–water partition coefficient (Wildman–Crippen LogP) is 2.30. The SMILES string of the molecule is O=C(c1csc2c1CCCC2)N1C[C@@H]2OCC(n3cccn3)CO[C@H]2C1. The van der Waals surface area contributed by atoms with E-state index in [4.69, 9.17) is 9.47 Å². The van der Waals surface area contributed by atoms with E-state index < -0.39 is 0 Å². The van der Waals surface area contributed by atoms with Crippen LogP contribution in [-0.2, 0) is 22.3 Å². The number of thiophene rings is 1. The number of rotatable bonds is 2. The van der Waals surface area contributed by atoms with Gasteiger partial charge in [0.05, 0.1) is 24.8 Å². The number of nitrogens with zero attached hydrogens (tertiary/aromatic N) is 3. The van der Waals surface area contributed by atoms with Crippen LogP contribution in [-0.4, -0.2) is 59.1 Å². The number of aromatic nitrogens is 2. The number of ether oxygens (including phenoxy) is 2. The Kier molecular flexibility index (Phi) is 4.30. The molecule has 0 bridgehead atoms. The van der Waals surface area contributed by atoms with Crippen molar-refractivity contribution >= 4 is 17.2 Å². The van der Waals surface area contributed by atoms with Crippen LogP contribution in [0.3, 0.4) is 0 Å². The van der Waals surface area contributed by atoms with Gasteiger partial charge in [-0.05, 0) is 37.3 Å². The maximum absolute atomic E-state index is 13.1. The maximum atomic E-state index is 13.1. The van der Waals surface area contributed by atoms with Gasteiger partial charge < -0.3 is 14.4 Å². The van der Waals surface area contributed by atoms with Crippen LogP contribution in [0.15, 0.2) is 23.8 Å². The van der Waals surface area contributed by atoms with Crippen LogP contribution < -0.4 is 0 Å². The summed E-state index contributed by atoms with van der Waals surface area (Å²) in [5.74, 6) is 0.147. The fourth-order valence-corrected chi connectivity index (χ4v) is 5.36.